The highest BCUT2D eigenvalue weighted by molar-refractivity contribution is 6.85. The van der Waals surface area contributed by atoms with Gasteiger partial charge in [0.25, 0.3) is 0 Å². The van der Waals surface area contributed by atoms with Gasteiger partial charge in [0.15, 0.2) is 0 Å². The van der Waals surface area contributed by atoms with E-state index in [0.717, 1.165) is 5.56 Å². The van der Waals surface area contributed by atoms with Crippen molar-refractivity contribution in [1.29, 1.82) is 0 Å². The fraction of sp³-hybridized carbons (Fsp3) is 0.611. The first-order valence-electron chi connectivity index (χ1n) is 8.00. The molecule has 0 atom stereocenters. The Bertz CT molecular complexity index is 416. The molecule has 0 fully saturated rings. The molecule has 0 spiro atoms. The Morgan fingerprint density at radius 1 is 0.952 bits per heavy atom. The Labute approximate surface area is 130 Å². The molecule has 0 saturated carbocycles. The number of rotatable bonds is 7. The fourth-order valence-electron chi connectivity index (χ4n) is 3.65. The van der Waals surface area contributed by atoms with Crippen LogP contribution in [0.1, 0.15) is 47.1 Å². The average molecular weight is 307 g/mol. The van der Waals surface area contributed by atoms with Crippen LogP contribution in [0.4, 0.5) is 0 Å². The summed E-state index contributed by atoms with van der Waals surface area (Å²) >= 11 is 0. The zero-order valence-corrected chi connectivity index (χ0v) is 15.3. The van der Waals surface area contributed by atoms with E-state index in [2.05, 4.69) is 41.5 Å². The van der Waals surface area contributed by atoms with Crippen LogP contribution in [-0.2, 0) is 16.1 Å². The van der Waals surface area contributed by atoms with E-state index in [1.807, 2.05) is 30.3 Å². The number of ether oxygens (including phenoxy) is 1. The van der Waals surface area contributed by atoms with Crippen molar-refractivity contribution >= 4 is 14.0 Å². The summed E-state index contributed by atoms with van der Waals surface area (Å²) in [7, 11) is -1.70. The lowest BCUT2D eigenvalue weighted by Crippen LogP contribution is -2.46. The lowest BCUT2D eigenvalue weighted by Gasteiger charge is -2.42. The topological polar surface area (TPSA) is 26.3 Å². The zero-order valence-electron chi connectivity index (χ0n) is 14.3. The predicted octanol–water partition coefficient (Wildman–Crippen LogP) is 5.41. The van der Waals surface area contributed by atoms with Crippen molar-refractivity contribution in [3.8, 4) is 0 Å². The number of carbonyl (C=O) groups is 1. The molecule has 1 rings (SSSR count). The minimum atomic E-state index is -1.70. The van der Waals surface area contributed by atoms with Gasteiger partial charge in [-0.25, -0.2) is 0 Å². The summed E-state index contributed by atoms with van der Waals surface area (Å²) in [5.74, 6) is -0.0263. The van der Waals surface area contributed by atoms with E-state index in [0.29, 0.717) is 29.3 Å². The largest absolute Gasteiger partial charge is 0.461 e. The quantitative estimate of drug-likeness (QED) is 0.497. The minimum Gasteiger partial charge on any atom is -0.461 e. The number of hydrogen-bond acceptors (Lipinski definition) is 2. The smallest absolute Gasteiger partial charge is 0.303 e. The molecule has 0 N–H and O–H groups in total. The van der Waals surface area contributed by atoms with E-state index in [1.165, 1.54) is 0 Å². The standard InChI is InChI=1S/C18H30O2Si/c1-14(2)21(15(3)4,16(5)6)13-18(19)20-12-17-10-8-7-9-11-17/h7-11,14-16H,12-13H2,1-6H3. The molecule has 0 aliphatic rings. The molecular formula is C18H30O2Si. The molecule has 1 aromatic carbocycles. The summed E-state index contributed by atoms with van der Waals surface area (Å²) in [5.41, 5.74) is 2.81. The summed E-state index contributed by atoms with van der Waals surface area (Å²) in [5, 5.41) is 0. The normalized spacial score (nSPS) is 12.2. The first kappa shape index (κ1) is 18.0. The molecule has 0 heterocycles. The molecule has 3 heteroatoms. The van der Waals surface area contributed by atoms with Crippen molar-refractivity contribution in [2.45, 2.75) is 70.8 Å². The SMILES string of the molecule is CC(C)[Si](CC(=O)OCc1ccccc1)(C(C)C)C(C)C. The van der Waals surface area contributed by atoms with Crippen LogP contribution in [0.25, 0.3) is 0 Å². The van der Waals surface area contributed by atoms with Crippen molar-refractivity contribution in [2.24, 2.45) is 0 Å². The fourth-order valence-corrected chi connectivity index (χ4v) is 9.48. The number of carbonyl (C=O) groups excluding carboxylic acids is 1. The second-order valence-corrected chi connectivity index (χ2v) is 12.9. The molecule has 2 nitrogen and oxygen atoms in total. The number of hydrogen-bond donors (Lipinski definition) is 0. The Morgan fingerprint density at radius 2 is 1.43 bits per heavy atom. The Balaban J connectivity index is 2.73. The molecular weight excluding hydrogens is 276 g/mol. The van der Waals surface area contributed by atoms with Crippen molar-refractivity contribution in [3.05, 3.63) is 35.9 Å². The lowest BCUT2D eigenvalue weighted by atomic mass is 10.2. The maximum absolute atomic E-state index is 12.4. The van der Waals surface area contributed by atoms with Gasteiger partial charge in [0.2, 0.25) is 0 Å². The van der Waals surface area contributed by atoms with E-state index in [-0.39, 0.29) is 5.97 Å². The zero-order chi connectivity index (χ0) is 16.0. The summed E-state index contributed by atoms with van der Waals surface area (Å²) in [6.07, 6.45) is 0. The van der Waals surface area contributed by atoms with Crippen LogP contribution in [0.2, 0.25) is 22.7 Å². The van der Waals surface area contributed by atoms with Crippen LogP contribution in [0.3, 0.4) is 0 Å². The van der Waals surface area contributed by atoms with Gasteiger partial charge in [-0.05, 0) is 5.56 Å². The van der Waals surface area contributed by atoms with E-state index in [1.54, 1.807) is 0 Å². The molecule has 0 saturated heterocycles. The Kier molecular flexibility index (Phi) is 6.66. The third-order valence-corrected chi connectivity index (χ3v) is 12.3. The van der Waals surface area contributed by atoms with Gasteiger partial charge in [0, 0.05) is 6.04 Å². The minimum absolute atomic E-state index is 0.0263. The van der Waals surface area contributed by atoms with Gasteiger partial charge >= 0.3 is 5.97 Å². The van der Waals surface area contributed by atoms with Crippen LogP contribution in [-0.4, -0.2) is 14.0 Å². The molecule has 0 aromatic heterocycles. The molecule has 0 aliphatic carbocycles. The van der Waals surface area contributed by atoms with E-state index >= 15 is 0 Å². The van der Waals surface area contributed by atoms with E-state index < -0.39 is 8.07 Å². The Morgan fingerprint density at radius 3 is 1.86 bits per heavy atom. The third kappa shape index (κ3) is 4.44. The molecule has 0 bridgehead atoms. The van der Waals surface area contributed by atoms with Gasteiger partial charge in [-0.15, -0.1) is 0 Å². The van der Waals surface area contributed by atoms with E-state index in [4.69, 9.17) is 4.74 Å². The van der Waals surface area contributed by atoms with Crippen molar-refractivity contribution in [3.63, 3.8) is 0 Å². The van der Waals surface area contributed by atoms with Crippen LogP contribution in [0.5, 0.6) is 0 Å². The summed E-state index contributed by atoms with van der Waals surface area (Å²) in [6, 6.07) is 10.5. The second-order valence-electron chi connectivity index (χ2n) is 6.90. The number of esters is 1. The summed E-state index contributed by atoms with van der Waals surface area (Å²) in [6.45, 7) is 14.0. The molecule has 0 radical (unpaired) electrons. The third-order valence-electron chi connectivity index (χ3n) is 4.92. The monoisotopic (exact) mass is 306 g/mol. The van der Waals surface area contributed by atoms with Gasteiger partial charge in [0.05, 0.1) is 8.07 Å². The Hall–Kier alpha value is -1.09. The maximum atomic E-state index is 12.4. The second kappa shape index (κ2) is 7.78. The van der Waals surface area contributed by atoms with Crippen molar-refractivity contribution in [2.75, 3.05) is 0 Å². The maximum Gasteiger partial charge on any atom is 0.303 e. The molecule has 0 amide bonds. The molecule has 0 unspecified atom stereocenters. The average Bonchev–Trinajstić information content (AvgIpc) is 2.42. The van der Waals surface area contributed by atoms with Gasteiger partial charge in [0.1, 0.15) is 6.61 Å². The predicted molar refractivity (Wildman–Crippen MR) is 92.1 cm³/mol. The lowest BCUT2D eigenvalue weighted by molar-refractivity contribution is -0.142. The first-order chi connectivity index (χ1) is 9.80. The highest BCUT2D eigenvalue weighted by atomic mass is 28.3. The van der Waals surface area contributed by atoms with Crippen LogP contribution in [0, 0.1) is 0 Å². The number of benzene rings is 1. The highest BCUT2D eigenvalue weighted by Gasteiger charge is 2.44. The van der Waals surface area contributed by atoms with Gasteiger partial charge in [-0.3, -0.25) is 4.79 Å². The summed E-state index contributed by atoms with van der Waals surface area (Å²) < 4.78 is 5.53. The van der Waals surface area contributed by atoms with Gasteiger partial charge < -0.3 is 4.74 Å². The van der Waals surface area contributed by atoms with E-state index in [9.17, 15) is 4.79 Å². The van der Waals surface area contributed by atoms with Crippen LogP contribution in [0.15, 0.2) is 30.3 Å². The van der Waals surface area contributed by atoms with Gasteiger partial charge in [-0.2, -0.15) is 0 Å². The van der Waals surface area contributed by atoms with Gasteiger partial charge in [-0.1, -0.05) is 88.5 Å². The molecule has 0 aliphatic heterocycles. The molecule has 1 aromatic rings. The first-order valence-corrected chi connectivity index (χ1v) is 10.4. The molecule has 21 heavy (non-hydrogen) atoms. The van der Waals surface area contributed by atoms with Crippen molar-refractivity contribution in [1.82, 2.24) is 0 Å². The van der Waals surface area contributed by atoms with Crippen molar-refractivity contribution < 1.29 is 9.53 Å². The highest BCUT2D eigenvalue weighted by Crippen LogP contribution is 2.44. The summed E-state index contributed by atoms with van der Waals surface area (Å²) in [4.78, 5) is 12.4. The van der Waals surface area contributed by atoms with Crippen LogP contribution < -0.4 is 0 Å². The molecule has 118 valence electrons. The van der Waals surface area contributed by atoms with Crippen LogP contribution >= 0.6 is 0 Å².